The molecule has 4 heteroatoms. The normalized spacial score (nSPS) is 27.1. The number of fused-ring (bicyclic) bond motifs is 3. The average molecular weight is 315 g/mol. The maximum atomic E-state index is 5.92. The van der Waals surface area contributed by atoms with Gasteiger partial charge in [-0.05, 0) is 39.4 Å². The molecule has 3 atom stereocenters. The summed E-state index contributed by atoms with van der Waals surface area (Å²) in [4.78, 5) is 0. The molecule has 3 nitrogen and oxygen atoms in total. The van der Waals surface area contributed by atoms with E-state index in [0.717, 1.165) is 5.69 Å². The molecule has 2 aromatic rings. The molecule has 2 aliphatic rings. The van der Waals surface area contributed by atoms with Crippen LogP contribution in [0.4, 0.5) is 5.69 Å². The van der Waals surface area contributed by atoms with Gasteiger partial charge in [0.05, 0.1) is 6.04 Å². The van der Waals surface area contributed by atoms with E-state index in [2.05, 4.69) is 61.1 Å². The van der Waals surface area contributed by atoms with Crippen molar-refractivity contribution in [2.45, 2.75) is 44.4 Å². The number of anilines is 1. The third-order valence-electron chi connectivity index (χ3n) is 4.57. The first-order valence-electron chi connectivity index (χ1n) is 7.70. The molecule has 2 aliphatic heterocycles. The Kier molecular flexibility index (Phi) is 3.29. The molecular weight excluding hydrogens is 294 g/mol. The molecule has 1 saturated heterocycles. The van der Waals surface area contributed by atoms with Gasteiger partial charge in [-0.1, -0.05) is 32.9 Å². The Labute approximate surface area is 135 Å². The van der Waals surface area contributed by atoms with Gasteiger partial charge < -0.3 is 14.8 Å². The van der Waals surface area contributed by atoms with Crippen molar-refractivity contribution in [3.8, 4) is 0 Å². The molecule has 116 valence electrons. The lowest BCUT2D eigenvalue weighted by Gasteiger charge is -2.35. The van der Waals surface area contributed by atoms with Crippen LogP contribution < -0.4 is 5.32 Å². The van der Waals surface area contributed by atoms with E-state index in [1.54, 1.807) is 11.3 Å². The average Bonchev–Trinajstić information content (AvgIpc) is 3.16. The van der Waals surface area contributed by atoms with E-state index < -0.39 is 0 Å². The largest absolute Gasteiger partial charge is 0.375 e. The minimum atomic E-state index is 0.0171. The third-order valence-corrected chi connectivity index (χ3v) is 5.27. The van der Waals surface area contributed by atoms with Gasteiger partial charge in [0.1, 0.15) is 19.0 Å². The number of benzene rings is 1. The summed E-state index contributed by atoms with van der Waals surface area (Å²) in [6.45, 7) is 7.09. The zero-order chi connectivity index (χ0) is 15.3. The second-order valence-electron chi connectivity index (χ2n) is 7.07. The molecule has 3 heterocycles. The summed E-state index contributed by atoms with van der Waals surface area (Å²) in [6, 6.07) is 9.00. The molecule has 0 saturated carbocycles. The van der Waals surface area contributed by atoms with Gasteiger partial charge in [-0.15, -0.1) is 0 Å². The summed E-state index contributed by atoms with van der Waals surface area (Å²) in [5, 5.41) is 7.95. The van der Waals surface area contributed by atoms with Crippen LogP contribution in [0, 0.1) is 0 Å². The molecule has 4 rings (SSSR count). The van der Waals surface area contributed by atoms with Crippen molar-refractivity contribution in [3.05, 3.63) is 51.7 Å². The van der Waals surface area contributed by atoms with Crippen molar-refractivity contribution < 1.29 is 9.47 Å². The Hall–Kier alpha value is -1.36. The van der Waals surface area contributed by atoms with Crippen LogP contribution in [-0.2, 0) is 14.9 Å². The number of ether oxygens (including phenoxy) is 2. The Morgan fingerprint density at radius 2 is 2.05 bits per heavy atom. The topological polar surface area (TPSA) is 30.5 Å². The molecule has 0 amide bonds. The van der Waals surface area contributed by atoms with Gasteiger partial charge in [0.2, 0.25) is 0 Å². The predicted octanol–water partition coefficient (Wildman–Crippen LogP) is 4.63. The number of thiophene rings is 1. The molecule has 1 fully saturated rings. The summed E-state index contributed by atoms with van der Waals surface area (Å²) in [7, 11) is 0. The number of hydrogen-bond donors (Lipinski definition) is 1. The minimum Gasteiger partial charge on any atom is -0.375 e. The summed E-state index contributed by atoms with van der Waals surface area (Å²) in [5.41, 5.74) is 5.12. The van der Waals surface area contributed by atoms with E-state index in [9.17, 15) is 0 Å². The van der Waals surface area contributed by atoms with Crippen molar-refractivity contribution in [3.63, 3.8) is 0 Å². The summed E-state index contributed by atoms with van der Waals surface area (Å²) < 4.78 is 11.8. The van der Waals surface area contributed by atoms with Crippen LogP contribution >= 0.6 is 11.3 Å². The quantitative estimate of drug-likeness (QED) is 0.832. The molecule has 3 unspecified atom stereocenters. The minimum absolute atomic E-state index is 0.0171. The first-order chi connectivity index (χ1) is 10.5. The van der Waals surface area contributed by atoms with Gasteiger partial charge >= 0.3 is 0 Å². The molecule has 0 spiro atoms. The van der Waals surface area contributed by atoms with Crippen molar-refractivity contribution in [2.24, 2.45) is 0 Å². The molecule has 1 aromatic carbocycles. The molecule has 1 N–H and O–H groups in total. The molecule has 0 bridgehead atoms. The lowest BCUT2D eigenvalue weighted by molar-refractivity contribution is 0.0367. The highest BCUT2D eigenvalue weighted by molar-refractivity contribution is 7.08. The van der Waals surface area contributed by atoms with Crippen LogP contribution in [0.15, 0.2) is 35.0 Å². The lowest BCUT2D eigenvalue weighted by Crippen LogP contribution is -2.34. The molecule has 22 heavy (non-hydrogen) atoms. The summed E-state index contributed by atoms with van der Waals surface area (Å²) in [6.07, 6.45) is 0.0563. The van der Waals surface area contributed by atoms with Crippen LogP contribution in [0.3, 0.4) is 0 Å². The van der Waals surface area contributed by atoms with Gasteiger partial charge in [0.15, 0.2) is 0 Å². The fourth-order valence-electron chi connectivity index (χ4n) is 3.28. The summed E-state index contributed by atoms with van der Waals surface area (Å²) >= 11 is 1.72. The highest BCUT2D eigenvalue weighted by Crippen LogP contribution is 2.46. The van der Waals surface area contributed by atoms with Crippen LogP contribution in [-0.4, -0.2) is 12.9 Å². The smallest absolute Gasteiger partial charge is 0.148 e. The monoisotopic (exact) mass is 315 g/mol. The number of rotatable bonds is 1. The van der Waals surface area contributed by atoms with Gasteiger partial charge in [-0.25, -0.2) is 0 Å². The highest BCUT2D eigenvalue weighted by Gasteiger charge is 2.43. The van der Waals surface area contributed by atoms with Crippen LogP contribution in [0.1, 0.15) is 49.6 Å². The Bertz CT molecular complexity index is 675. The maximum absolute atomic E-state index is 5.92. The Morgan fingerprint density at radius 3 is 2.77 bits per heavy atom. The zero-order valence-electron chi connectivity index (χ0n) is 13.1. The molecule has 1 aromatic heterocycles. The van der Waals surface area contributed by atoms with E-state index in [1.807, 2.05) is 0 Å². The third kappa shape index (κ3) is 2.26. The SMILES string of the molecule is CC(C)(C)c1ccc2c(c1)C1OCOC1C(c1ccsc1)N2. The molecular formula is C18H21NO2S. The van der Waals surface area contributed by atoms with Crippen molar-refractivity contribution in [2.75, 3.05) is 12.1 Å². The standard InChI is InChI=1S/C18H21NO2S/c1-18(2,3)12-4-5-14-13(8-12)16-17(21-10-20-16)15(19-14)11-6-7-22-9-11/h4-9,15-17,19H,10H2,1-3H3. The number of nitrogens with one attached hydrogen (secondary N) is 1. The van der Waals surface area contributed by atoms with Crippen molar-refractivity contribution in [1.82, 2.24) is 0 Å². The van der Waals surface area contributed by atoms with E-state index in [-0.39, 0.29) is 23.7 Å². The van der Waals surface area contributed by atoms with Gasteiger partial charge in [-0.3, -0.25) is 0 Å². The molecule has 0 radical (unpaired) electrons. The number of hydrogen-bond acceptors (Lipinski definition) is 4. The highest BCUT2D eigenvalue weighted by atomic mass is 32.1. The van der Waals surface area contributed by atoms with Crippen LogP contribution in [0.5, 0.6) is 0 Å². The zero-order valence-corrected chi connectivity index (χ0v) is 13.9. The van der Waals surface area contributed by atoms with Crippen molar-refractivity contribution in [1.29, 1.82) is 0 Å². The first-order valence-corrected chi connectivity index (χ1v) is 8.64. The van der Waals surface area contributed by atoms with E-state index in [0.29, 0.717) is 6.79 Å². The second kappa shape index (κ2) is 5.08. The fourth-order valence-corrected chi connectivity index (χ4v) is 3.98. The second-order valence-corrected chi connectivity index (χ2v) is 7.85. The van der Waals surface area contributed by atoms with Gasteiger partial charge in [-0.2, -0.15) is 11.3 Å². The van der Waals surface area contributed by atoms with Crippen LogP contribution in [0.2, 0.25) is 0 Å². The summed E-state index contributed by atoms with van der Waals surface area (Å²) in [5.74, 6) is 0. The molecule has 0 aliphatic carbocycles. The first kappa shape index (κ1) is 14.2. The Morgan fingerprint density at radius 1 is 1.18 bits per heavy atom. The van der Waals surface area contributed by atoms with Gasteiger partial charge in [0, 0.05) is 11.3 Å². The maximum Gasteiger partial charge on any atom is 0.148 e. The lowest BCUT2D eigenvalue weighted by atomic mass is 9.82. The van der Waals surface area contributed by atoms with E-state index in [4.69, 9.17) is 9.47 Å². The van der Waals surface area contributed by atoms with E-state index >= 15 is 0 Å². The van der Waals surface area contributed by atoms with Gasteiger partial charge in [0.25, 0.3) is 0 Å². The van der Waals surface area contributed by atoms with Crippen LogP contribution in [0.25, 0.3) is 0 Å². The predicted molar refractivity (Wildman–Crippen MR) is 89.4 cm³/mol. The van der Waals surface area contributed by atoms with E-state index in [1.165, 1.54) is 16.7 Å². The Balaban J connectivity index is 1.77. The fraction of sp³-hybridized carbons (Fsp3) is 0.444. The van der Waals surface area contributed by atoms with Crippen molar-refractivity contribution >= 4 is 17.0 Å².